The lowest BCUT2D eigenvalue weighted by molar-refractivity contribution is -0.132. The van der Waals surface area contributed by atoms with Gasteiger partial charge in [0.05, 0.1) is 5.25 Å². The van der Waals surface area contributed by atoms with E-state index >= 15 is 0 Å². The van der Waals surface area contributed by atoms with Gasteiger partial charge >= 0.3 is 0 Å². The smallest absolute Gasteiger partial charge is 0.235 e. The number of thioether (sulfide) groups is 1. The number of carbonyl (C=O) groups excluding carboxylic acids is 1. The maximum atomic E-state index is 12.0. The summed E-state index contributed by atoms with van der Waals surface area (Å²) in [5.74, 6) is 1.56. The molecule has 1 amide bonds. The Morgan fingerprint density at radius 3 is 2.57 bits per heavy atom. The Morgan fingerprint density at radius 2 is 2.00 bits per heavy atom. The Balaban J connectivity index is 1.85. The number of nitrogens with zero attached hydrogens (tertiary/aromatic N) is 2. The van der Waals surface area contributed by atoms with Gasteiger partial charge in [-0.15, -0.1) is 11.8 Å². The zero-order valence-electron chi connectivity index (χ0n) is 8.74. The maximum Gasteiger partial charge on any atom is 0.235 e. The molecule has 2 aliphatic heterocycles. The Hall–Kier alpha value is -0.220. The molecule has 0 saturated carbocycles. The van der Waals surface area contributed by atoms with Gasteiger partial charge in [-0.25, -0.2) is 0 Å². The van der Waals surface area contributed by atoms with Crippen LogP contribution >= 0.6 is 11.8 Å². The van der Waals surface area contributed by atoms with Crippen molar-refractivity contribution in [2.24, 2.45) is 0 Å². The Kier molecular flexibility index (Phi) is 3.34. The number of hydrogen-bond acceptors (Lipinski definition) is 3. The molecule has 0 spiro atoms. The first-order valence-electron chi connectivity index (χ1n) is 5.36. The van der Waals surface area contributed by atoms with E-state index in [4.69, 9.17) is 0 Å². The number of likely N-dealkylation sites (N-methyl/N-ethyl adjacent to an activating group) is 1. The van der Waals surface area contributed by atoms with Crippen LogP contribution in [0.1, 0.15) is 12.8 Å². The summed E-state index contributed by atoms with van der Waals surface area (Å²) in [6.45, 7) is 3.91. The predicted molar refractivity (Wildman–Crippen MR) is 59.6 cm³/mol. The summed E-state index contributed by atoms with van der Waals surface area (Å²) in [5.41, 5.74) is 0. The van der Waals surface area contributed by atoms with E-state index in [0.717, 1.165) is 32.6 Å². The van der Waals surface area contributed by atoms with Crippen molar-refractivity contribution in [2.45, 2.75) is 18.1 Å². The van der Waals surface area contributed by atoms with Crippen LogP contribution in [-0.4, -0.2) is 59.9 Å². The Morgan fingerprint density at radius 1 is 1.29 bits per heavy atom. The molecule has 1 atom stereocenters. The standard InChI is InChI=1S/C10H18N2OS/c1-11-4-6-12(7-5-11)10(13)9-3-2-8-14-9/h9H,2-8H2,1H3. The lowest BCUT2D eigenvalue weighted by Gasteiger charge is -2.33. The van der Waals surface area contributed by atoms with E-state index in [1.54, 1.807) is 0 Å². The number of carbonyl (C=O) groups is 1. The molecule has 1 unspecified atom stereocenters. The third-order valence-corrected chi connectivity index (χ3v) is 4.38. The first-order chi connectivity index (χ1) is 6.77. The molecule has 14 heavy (non-hydrogen) atoms. The van der Waals surface area contributed by atoms with Gasteiger partial charge in [0.15, 0.2) is 0 Å². The summed E-state index contributed by atoms with van der Waals surface area (Å²) >= 11 is 1.84. The SMILES string of the molecule is CN1CCN(C(=O)C2CCCS2)CC1. The van der Waals surface area contributed by atoms with Gasteiger partial charge in [0.1, 0.15) is 0 Å². The molecule has 2 rings (SSSR count). The van der Waals surface area contributed by atoms with Gasteiger partial charge in [0, 0.05) is 26.2 Å². The van der Waals surface area contributed by atoms with Gasteiger partial charge in [0.2, 0.25) is 5.91 Å². The van der Waals surface area contributed by atoms with E-state index in [2.05, 4.69) is 11.9 Å². The van der Waals surface area contributed by atoms with Crippen molar-refractivity contribution < 1.29 is 4.79 Å². The largest absolute Gasteiger partial charge is 0.339 e. The molecule has 2 aliphatic rings. The van der Waals surface area contributed by atoms with Crippen LogP contribution in [-0.2, 0) is 4.79 Å². The van der Waals surface area contributed by atoms with Crippen molar-refractivity contribution >= 4 is 17.7 Å². The average Bonchev–Trinajstić information content (AvgIpc) is 2.71. The second kappa shape index (κ2) is 4.53. The van der Waals surface area contributed by atoms with Gasteiger partial charge in [-0.05, 0) is 25.6 Å². The summed E-state index contributed by atoms with van der Waals surface area (Å²) in [4.78, 5) is 16.3. The molecular formula is C10H18N2OS. The molecule has 2 heterocycles. The molecule has 0 aromatic heterocycles. The van der Waals surface area contributed by atoms with Crippen molar-refractivity contribution in [3.63, 3.8) is 0 Å². The van der Waals surface area contributed by atoms with E-state index in [1.807, 2.05) is 16.7 Å². The summed E-state index contributed by atoms with van der Waals surface area (Å²) in [5, 5.41) is 0.276. The molecule has 80 valence electrons. The quantitative estimate of drug-likeness (QED) is 0.640. The van der Waals surface area contributed by atoms with Crippen LogP contribution in [0.5, 0.6) is 0 Å². The lowest BCUT2D eigenvalue weighted by atomic mass is 10.2. The van der Waals surface area contributed by atoms with Gasteiger partial charge in [-0.3, -0.25) is 4.79 Å². The lowest BCUT2D eigenvalue weighted by Crippen LogP contribution is -2.49. The molecule has 4 heteroatoms. The minimum atomic E-state index is 0.276. The fraction of sp³-hybridized carbons (Fsp3) is 0.900. The summed E-state index contributed by atoms with van der Waals surface area (Å²) in [6, 6.07) is 0. The summed E-state index contributed by atoms with van der Waals surface area (Å²) in [7, 11) is 2.12. The van der Waals surface area contributed by atoms with E-state index in [0.29, 0.717) is 5.91 Å². The molecule has 0 aliphatic carbocycles. The average molecular weight is 214 g/mol. The van der Waals surface area contributed by atoms with E-state index < -0.39 is 0 Å². The fourth-order valence-corrected chi connectivity index (χ4v) is 3.25. The van der Waals surface area contributed by atoms with E-state index in [9.17, 15) is 4.79 Å². The van der Waals surface area contributed by atoms with E-state index in [-0.39, 0.29) is 5.25 Å². The monoisotopic (exact) mass is 214 g/mol. The van der Waals surface area contributed by atoms with Crippen LogP contribution < -0.4 is 0 Å². The van der Waals surface area contributed by atoms with Crippen molar-refractivity contribution in [3.8, 4) is 0 Å². The number of hydrogen-bond donors (Lipinski definition) is 0. The first-order valence-corrected chi connectivity index (χ1v) is 6.41. The summed E-state index contributed by atoms with van der Waals surface area (Å²) in [6.07, 6.45) is 2.31. The third kappa shape index (κ3) is 2.23. The van der Waals surface area contributed by atoms with Crippen molar-refractivity contribution in [3.05, 3.63) is 0 Å². The second-order valence-electron chi connectivity index (χ2n) is 4.13. The molecule has 0 radical (unpaired) electrons. The predicted octanol–water partition coefficient (Wildman–Crippen LogP) is 0.656. The highest BCUT2D eigenvalue weighted by Crippen LogP contribution is 2.27. The zero-order valence-corrected chi connectivity index (χ0v) is 9.55. The van der Waals surface area contributed by atoms with Crippen LogP contribution in [0.25, 0.3) is 0 Å². The van der Waals surface area contributed by atoms with Crippen LogP contribution in [0, 0.1) is 0 Å². The molecule has 3 nitrogen and oxygen atoms in total. The molecule has 0 aromatic carbocycles. The zero-order chi connectivity index (χ0) is 9.97. The number of rotatable bonds is 1. The summed E-state index contributed by atoms with van der Waals surface area (Å²) < 4.78 is 0. The number of piperazine rings is 1. The van der Waals surface area contributed by atoms with Crippen molar-refractivity contribution in [1.82, 2.24) is 9.80 Å². The van der Waals surface area contributed by atoms with Crippen molar-refractivity contribution in [2.75, 3.05) is 39.0 Å². The van der Waals surface area contributed by atoms with Gasteiger partial charge < -0.3 is 9.80 Å². The molecule has 0 bridgehead atoms. The molecule has 2 saturated heterocycles. The Bertz CT molecular complexity index is 208. The second-order valence-corrected chi connectivity index (χ2v) is 5.44. The highest BCUT2D eigenvalue weighted by Gasteiger charge is 2.29. The molecular weight excluding hydrogens is 196 g/mol. The fourth-order valence-electron chi connectivity index (χ4n) is 2.00. The number of amides is 1. The van der Waals surface area contributed by atoms with Crippen LogP contribution in [0.4, 0.5) is 0 Å². The van der Waals surface area contributed by atoms with Crippen LogP contribution in [0.15, 0.2) is 0 Å². The van der Waals surface area contributed by atoms with Gasteiger partial charge in [0.25, 0.3) is 0 Å². The molecule has 0 N–H and O–H groups in total. The van der Waals surface area contributed by atoms with E-state index in [1.165, 1.54) is 12.2 Å². The third-order valence-electron chi connectivity index (χ3n) is 3.02. The minimum Gasteiger partial charge on any atom is -0.339 e. The normalized spacial score (nSPS) is 29.5. The highest BCUT2D eigenvalue weighted by molar-refractivity contribution is 8.00. The van der Waals surface area contributed by atoms with Gasteiger partial charge in [-0.1, -0.05) is 0 Å². The van der Waals surface area contributed by atoms with Gasteiger partial charge in [-0.2, -0.15) is 0 Å². The first kappa shape index (κ1) is 10.3. The highest BCUT2D eigenvalue weighted by atomic mass is 32.2. The van der Waals surface area contributed by atoms with Crippen LogP contribution in [0.3, 0.4) is 0 Å². The minimum absolute atomic E-state index is 0.276. The topological polar surface area (TPSA) is 23.6 Å². The maximum absolute atomic E-state index is 12.0. The van der Waals surface area contributed by atoms with Crippen molar-refractivity contribution in [1.29, 1.82) is 0 Å². The Labute approximate surface area is 89.8 Å². The molecule has 0 aromatic rings. The van der Waals surface area contributed by atoms with Crippen LogP contribution in [0.2, 0.25) is 0 Å². The molecule has 2 fully saturated rings.